The van der Waals surface area contributed by atoms with Crippen LogP contribution in [0.2, 0.25) is 10.0 Å². The van der Waals surface area contributed by atoms with E-state index in [1.807, 2.05) is 4.90 Å². The molecule has 0 unspecified atom stereocenters. The maximum absolute atomic E-state index is 13.3. The molecule has 0 N–H and O–H groups in total. The van der Waals surface area contributed by atoms with E-state index in [2.05, 4.69) is 4.98 Å². The zero-order chi connectivity index (χ0) is 19.7. The van der Waals surface area contributed by atoms with E-state index in [4.69, 9.17) is 27.9 Å². The Morgan fingerprint density at radius 1 is 1.00 bits per heavy atom. The number of pyridine rings is 1. The van der Waals surface area contributed by atoms with Crippen molar-refractivity contribution in [3.8, 4) is 0 Å². The topological polar surface area (TPSA) is 62.7 Å². The first-order valence-electron chi connectivity index (χ1n) is 8.84. The number of amides is 2. The second kappa shape index (κ2) is 7.91. The molecule has 4 rings (SSSR count). The Bertz CT molecular complexity index is 956. The monoisotopic (exact) mass is 417 g/mol. The maximum atomic E-state index is 13.3. The van der Waals surface area contributed by atoms with E-state index in [9.17, 15) is 9.59 Å². The Balaban J connectivity index is 1.78. The molecule has 8 heteroatoms. The van der Waals surface area contributed by atoms with Crippen molar-refractivity contribution in [2.45, 2.75) is 6.54 Å². The highest BCUT2D eigenvalue weighted by atomic mass is 35.5. The quantitative estimate of drug-likeness (QED) is 0.715. The minimum atomic E-state index is -0.368. The minimum Gasteiger partial charge on any atom is -0.378 e. The molecular formula is C20H17Cl2N3O3. The Kier molecular flexibility index (Phi) is 5.35. The predicted molar refractivity (Wildman–Crippen MR) is 106 cm³/mol. The third-order valence-corrected chi connectivity index (χ3v) is 5.31. The van der Waals surface area contributed by atoms with E-state index in [-0.39, 0.29) is 18.4 Å². The summed E-state index contributed by atoms with van der Waals surface area (Å²) in [5.41, 5.74) is 2.00. The number of aromatic nitrogens is 1. The van der Waals surface area contributed by atoms with E-state index in [1.54, 1.807) is 42.7 Å². The van der Waals surface area contributed by atoms with Crippen molar-refractivity contribution in [2.75, 3.05) is 26.3 Å². The Morgan fingerprint density at radius 2 is 1.71 bits per heavy atom. The van der Waals surface area contributed by atoms with Gasteiger partial charge >= 0.3 is 0 Å². The van der Waals surface area contributed by atoms with Crippen molar-refractivity contribution in [1.29, 1.82) is 0 Å². The van der Waals surface area contributed by atoms with Crippen molar-refractivity contribution < 1.29 is 14.3 Å². The van der Waals surface area contributed by atoms with Crippen LogP contribution >= 0.6 is 23.2 Å². The number of carbonyl (C=O) groups excluding carboxylic acids is 2. The number of hydrogen-bond acceptors (Lipinski definition) is 5. The predicted octanol–water partition coefficient (Wildman–Crippen LogP) is 3.00. The zero-order valence-electron chi connectivity index (χ0n) is 14.9. The smallest absolute Gasteiger partial charge is 0.278 e. The van der Waals surface area contributed by atoms with Gasteiger partial charge in [0.2, 0.25) is 0 Å². The van der Waals surface area contributed by atoms with E-state index in [1.165, 1.54) is 4.90 Å². The normalized spacial score (nSPS) is 17.6. The van der Waals surface area contributed by atoms with Crippen LogP contribution < -0.4 is 0 Å². The third-order valence-electron chi connectivity index (χ3n) is 4.76. The van der Waals surface area contributed by atoms with Crippen molar-refractivity contribution >= 4 is 40.6 Å². The van der Waals surface area contributed by atoms with E-state index < -0.39 is 0 Å². The summed E-state index contributed by atoms with van der Waals surface area (Å²) < 4.78 is 5.40. The zero-order valence-corrected chi connectivity index (χ0v) is 16.4. The molecule has 0 aliphatic carbocycles. The van der Waals surface area contributed by atoms with Gasteiger partial charge in [-0.1, -0.05) is 29.3 Å². The van der Waals surface area contributed by atoms with Crippen molar-refractivity contribution in [3.05, 3.63) is 69.6 Å². The lowest BCUT2D eigenvalue weighted by Gasteiger charge is -2.29. The molecule has 2 aromatic rings. The first-order chi connectivity index (χ1) is 13.6. The van der Waals surface area contributed by atoms with Gasteiger partial charge in [-0.15, -0.1) is 0 Å². The summed E-state index contributed by atoms with van der Waals surface area (Å²) in [6, 6.07) is 8.48. The van der Waals surface area contributed by atoms with E-state index >= 15 is 0 Å². The highest BCUT2D eigenvalue weighted by molar-refractivity contribution is 6.41. The second-order valence-corrected chi connectivity index (χ2v) is 7.34. The van der Waals surface area contributed by atoms with E-state index in [0.717, 1.165) is 5.56 Å². The molecule has 1 aromatic heterocycles. The summed E-state index contributed by atoms with van der Waals surface area (Å²) in [5, 5.41) is 0.799. The van der Waals surface area contributed by atoms with Crippen molar-refractivity contribution in [2.24, 2.45) is 0 Å². The number of benzene rings is 1. The fourth-order valence-electron chi connectivity index (χ4n) is 3.39. The highest BCUT2D eigenvalue weighted by Gasteiger charge is 2.42. The van der Waals surface area contributed by atoms with Crippen LogP contribution in [0.25, 0.3) is 5.57 Å². The molecular weight excluding hydrogens is 401 g/mol. The number of morpholine rings is 1. The first-order valence-corrected chi connectivity index (χ1v) is 9.59. The molecule has 1 fully saturated rings. The van der Waals surface area contributed by atoms with Gasteiger partial charge in [0.25, 0.3) is 11.8 Å². The Labute approximate surface area is 172 Å². The highest BCUT2D eigenvalue weighted by Crippen LogP contribution is 2.37. The van der Waals surface area contributed by atoms with Crippen molar-refractivity contribution in [1.82, 2.24) is 14.8 Å². The van der Waals surface area contributed by atoms with Crippen LogP contribution in [0.4, 0.5) is 0 Å². The number of hydrogen-bond donors (Lipinski definition) is 0. The number of nitrogens with zero attached hydrogens (tertiary/aromatic N) is 3. The average Bonchev–Trinajstić information content (AvgIpc) is 2.94. The summed E-state index contributed by atoms with van der Waals surface area (Å²) in [5.74, 6) is -0.697. The second-order valence-electron chi connectivity index (χ2n) is 6.50. The number of halogens is 2. The largest absolute Gasteiger partial charge is 0.378 e. The van der Waals surface area contributed by atoms with Gasteiger partial charge in [-0.05, 0) is 29.8 Å². The molecule has 1 aromatic carbocycles. The number of imide groups is 1. The molecule has 2 aliphatic rings. The molecule has 0 spiro atoms. The Morgan fingerprint density at radius 3 is 2.39 bits per heavy atom. The molecule has 1 saturated heterocycles. The third kappa shape index (κ3) is 3.51. The first kappa shape index (κ1) is 18.9. The summed E-state index contributed by atoms with van der Waals surface area (Å²) in [6.07, 6.45) is 3.27. The standard InChI is InChI=1S/C20H17Cl2N3O3/c21-14-1-2-15(16(22)11-14)17-18(24-7-9-28-10-8-24)20(27)25(19(17)26)12-13-3-5-23-6-4-13/h1-6,11H,7-10,12H2. The molecule has 0 bridgehead atoms. The minimum absolute atomic E-state index is 0.169. The summed E-state index contributed by atoms with van der Waals surface area (Å²) >= 11 is 12.4. The van der Waals surface area contributed by atoms with Gasteiger partial charge in [-0.2, -0.15) is 0 Å². The molecule has 0 atom stereocenters. The molecule has 2 aliphatic heterocycles. The number of ether oxygens (including phenoxy) is 1. The van der Waals surface area contributed by atoms with Crippen LogP contribution in [-0.2, 0) is 20.9 Å². The number of rotatable bonds is 4. The van der Waals surface area contributed by atoms with Gasteiger partial charge in [0.05, 0.1) is 30.4 Å². The van der Waals surface area contributed by atoms with Crippen LogP contribution in [0.5, 0.6) is 0 Å². The van der Waals surface area contributed by atoms with Crippen LogP contribution in [0, 0.1) is 0 Å². The molecule has 28 heavy (non-hydrogen) atoms. The van der Waals surface area contributed by atoms with Gasteiger partial charge < -0.3 is 9.64 Å². The van der Waals surface area contributed by atoms with E-state index in [0.29, 0.717) is 53.2 Å². The fourth-order valence-corrected chi connectivity index (χ4v) is 3.90. The molecule has 0 saturated carbocycles. The van der Waals surface area contributed by atoms with Gasteiger partial charge in [0, 0.05) is 36.1 Å². The summed E-state index contributed by atoms with van der Waals surface area (Å²) in [6.45, 7) is 2.23. The summed E-state index contributed by atoms with van der Waals surface area (Å²) in [7, 11) is 0. The van der Waals surface area contributed by atoms with Crippen LogP contribution in [0.15, 0.2) is 48.4 Å². The van der Waals surface area contributed by atoms with Crippen LogP contribution in [0.3, 0.4) is 0 Å². The maximum Gasteiger partial charge on any atom is 0.278 e. The lowest BCUT2D eigenvalue weighted by molar-refractivity contribution is -0.138. The number of carbonyl (C=O) groups is 2. The molecule has 144 valence electrons. The molecule has 0 radical (unpaired) electrons. The van der Waals surface area contributed by atoms with Gasteiger partial charge in [0.15, 0.2) is 0 Å². The van der Waals surface area contributed by atoms with Crippen LogP contribution in [0.1, 0.15) is 11.1 Å². The van der Waals surface area contributed by atoms with Gasteiger partial charge in [-0.3, -0.25) is 19.5 Å². The lowest BCUT2D eigenvalue weighted by Crippen LogP contribution is -2.40. The SMILES string of the molecule is O=C1C(c2ccc(Cl)cc2Cl)=C(N2CCOCC2)C(=O)N1Cc1ccncc1. The van der Waals surface area contributed by atoms with Gasteiger partial charge in [0.1, 0.15) is 5.70 Å². The average molecular weight is 418 g/mol. The summed E-state index contributed by atoms with van der Waals surface area (Å²) in [4.78, 5) is 33.7. The van der Waals surface area contributed by atoms with Crippen LogP contribution in [-0.4, -0.2) is 52.9 Å². The molecule has 3 heterocycles. The Hall–Kier alpha value is -2.41. The van der Waals surface area contributed by atoms with Gasteiger partial charge in [-0.25, -0.2) is 0 Å². The van der Waals surface area contributed by atoms with Crippen molar-refractivity contribution in [3.63, 3.8) is 0 Å². The lowest BCUT2D eigenvalue weighted by atomic mass is 10.0. The molecule has 2 amide bonds. The molecule has 6 nitrogen and oxygen atoms in total. The fraction of sp³-hybridized carbons (Fsp3) is 0.250.